The van der Waals surface area contributed by atoms with Gasteiger partial charge in [0.05, 0.1) is 26.4 Å². The number of hydrogen-bond acceptors (Lipinski definition) is 10. The lowest BCUT2D eigenvalue weighted by atomic mass is 10.0. The minimum Gasteiger partial charge on any atom is -0.494 e. The molecule has 70 heavy (non-hydrogen) atoms. The van der Waals surface area contributed by atoms with Crippen molar-refractivity contribution >= 4 is 24.3 Å². The molecule has 0 spiro atoms. The average molecular weight is 943 g/mol. The predicted molar refractivity (Wildman–Crippen MR) is 284 cm³/mol. The van der Waals surface area contributed by atoms with Gasteiger partial charge in [0.15, 0.2) is 0 Å². The van der Waals surface area contributed by atoms with Crippen molar-refractivity contribution in [2.45, 2.75) is 106 Å². The van der Waals surface area contributed by atoms with Crippen molar-refractivity contribution in [1.82, 2.24) is 20.4 Å². The van der Waals surface area contributed by atoms with Crippen LogP contribution in [-0.2, 0) is 0 Å². The molecule has 2 heterocycles. The first-order valence-electron chi connectivity index (χ1n) is 25.4. The zero-order chi connectivity index (χ0) is 48.9. The normalized spacial score (nSPS) is 11.7. The Kier molecular flexibility index (Phi) is 19.4. The average Bonchev–Trinajstić information content (AvgIpc) is 4.08. The summed E-state index contributed by atoms with van der Waals surface area (Å²) in [6.45, 7) is 15.9. The second-order valence-electron chi connectivity index (χ2n) is 18.6. The van der Waals surface area contributed by atoms with Crippen molar-refractivity contribution in [2.24, 2.45) is 11.8 Å². The van der Waals surface area contributed by atoms with Crippen molar-refractivity contribution in [3.63, 3.8) is 0 Å². The fourth-order valence-electron chi connectivity index (χ4n) is 7.49. The van der Waals surface area contributed by atoms with Crippen LogP contribution < -0.4 is 18.9 Å². The SMILES string of the molecule is CCCCCCOc1ccc(-c2nnc(-c3ccc(/C=C/c4cc(OCCC(C)C)c(/C=C/c5ccc(-c6nnc(-c7ccc(OCCCCCC)cc7)o6)cc5)cc4OCCC(C)C)cc3)o2)cc1. The molecule has 5 aromatic carbocycles. The molecule has 0 N–H and O–H groups in total. The topological polar surface area (TPSA) is 115 Å². The van der Waals surface area contributed by atoms with Crippen LogP contribution in [0.4, 0.5) is 0 Å². The smallest absolute Gasteiger partial charge is 0.248 e. The molecule has 10 nitrogen and oxygen atoms in total. The van der Waals surface area contributed by atoms with Crippen LogP contribution in [0.1, 0.15) is 128 Å². The van der Waals surface area contributed by atoms with Crippen LogP contribution >= 0.6 is 0 Å². The lowest BCUT2D eigenvalue weighted by molar-refractivity contribution is 0.281. The van der Waals surface area contributed by atoms with Gasteiger partial charge in [0.2, 0.25) is 23.6 Å². The summed E-state index contributed by atoms with van der Waals surface area (Å²) in [7, 11) is 0. The first-order chi connectivity index (χ1) is 34.2. The molecule has 0 atom stereocenters. The van der Waals surface area contributed by atoms with E-state index in [9.17, 15) is 0 Å². The number of ether oxygens (including phenoxy) is 4. The van der Waals surface area contributed by atoms with Crippen molar-refractivity contribution in [2.75, 3.05) is 26.4 Å². The third-order valence-corrected chi connectivity index (χ3v) is 11.9. The fourth-order valence-corrected chi connectivity index (χ4v) is 7.49. The predicted octanol–water partition coefficient (Wildman–Crippen LogP) is 16.2. The third kappa shape index (κ3) is 15.5. The van der Waals surface area contributed by atoms with E-state index in [0.29, 0.717) is 48.6 Å². The lowest BCUT2D eigenvalue weighted by Crippen LogP contribution is -2.05. The van der Waals surface area contributed by atoms with E-state index < -0.39 is 0 Å². The van der Waals surface area contributed by atoms with E-state index in [4.69, 9.17) is 27.8 Å². The van der Waals surface area contributed by atoms with Crippen molar-refractivity contribution < 1.29 is 27.8 Å². The van der Waals surface area contributed by atoms with Crippen molar-refractivity contribution in [3.8, 4) is 68.8 Å². The Labute approximate surface area is 415 Å². The van der Waals surface area contributed by atoms with Crippen LogP contribution in [0.25, 0.3) is 70.1 Å². The van der Waals surface area contributed by atoms with Gasteiger partial charge in [0.1, 0.15) is 23.0 Å². The van der Waals surface area contributed by atoms with Crippen molar-refractivity contribution in [1.29, 1.82) is 0 Å². The zero-order valence-electron chi connectivity index (χ0n) is 42.0. The number of nitrogens with zero attached hydrogens (tertiary/aromatic N) is 4. The Hall–Kier alpha value is -6.94. The molecule has 0 fully saturated rings. The quantitative estimate of drug-likeness (QED) is 0.0347. The van der Waals surface area contributed by atoms with Gasteiger partial charge in [-0.05, 0) is 134 Å². The molecule has 7 rings (SSSR count). The highest BCUT2D eigenvalue weighted by atomic mass is 16.5. The van der Waals surface area contributed by atoms with Gasteiger partial charge in [0, 0.05) is 33.4 Å². The summed E-state index contributed by atoms with van der Waals surface area (Å²) >= 11 is 0. The largest absolute Gasteiger partial charge is 0.494 e. The lowest BCUT2D eigenvalue weighted by Gasteiger charge is -2.16. The molecule has 2 aromatic heterocycles. The molecule has 0 amide bonds. The van der Waals surface area contributed by atoms with Gasteiger partial charge < -0.3 is 27.8 Å². The minimum absolute atomic E-state index is 0.461. The first-order valence-corrected chi connectivity index (χ1v) is 25.4. The van der Waals surface area contributed by atoms with E-state index in [-0.39, 0.29) is 0 Å². The Morgan fingerprint density at radius 3 is 1.07 bits per heavy atom. The second kappa shape index (κ2) is 26.7. The molecule has 10 heteroatoms. The number of unbranched alkanes of at least 4 members (excludes halogenated alkanes) is 6. The van der Waals surface area contributed by atoms with Gasteiger partial charge in [-0.15, -0.1) is 20.4 Å². The molecular weight excluding hydrogens is 873 g/mol. The highest BCUT2D eigenvalue weighted by Crippen LogP contribution is 2.34. The molecule has 0 saturated heterocycles. The van der Waals surface area contributed by atoms with E-state index in [1.54, 1.807) is 0 Å². The number of benzene rings is 5. The van der Waals surface area contributed by atoms with E-state index in [1.165, 1.54) is 38.5 Å². The molecule has 366 valence electrons. The fraction of sp³-hybridized carbons (Fsp3) is 0.367. The molecular formula is C60H70N4O6. The standard InChI is InChI=1S/C60H70N4O6/c1-7-9-11-13-37-65-53-31-27-49(28-32-53)59-63-61-57(69-59)47-21-15-45(16-22-47)19-25-51-41-56(68-40-36-44(5)6)52(42-55(51)67-39-35-43(3)4)26-20-46-17-23-48(24-18-46)58-62-64-60(70-58)50-29-33-54(34-30-50)66-38-14-12-10-8-2/h15-34,41-44H,7-14,35-40H2,1-6H3/b25-19+,26-20+. The summed E-state index contributed by atoms with van der Waals surface area (Å²) in [5, 5.41) is 17.4. The van der Waals surface area contributed by atoms with Gasteiger partial charge >= 0.3 is 0 Å². The Balaban J connectivity index is 1.03. The maximum atomic E-state index is 6.51. The summed E-state index contributed by atoms with van der Waals surface area (Å²) in [5.74, 6) is 6.14. The van der Waals surface area contributed by atoms with E-state index in [2.05, 4.69) is 98.4 Å². The molecule has 0 aliphatic carbocycles. The molecule has 0 aliphatic heterocycles. The summed E-state index contributed by atoms with van der Waals surface area (Å²) in [6.07, 6.45) is 19.6. The monoisotopic (exact) mass is 943 g/mol. The zero-order valence-corrected chi connectivity index (χ0v) is 42.0. The Morgan fingerprint density at radius 1 is 0.400 bits per heavy atom. The van der Waals surface area contributed by atoms with E-state index >= 15 is 0 Å². The third-order valence-electron chi connectivity index (χ3n) is 11.9. The van der Waals surface area contributed by atoms with Crippen LogP contribution in [0.15, 0.2) is 118 Å². The van der Waals surface area contributed by atoms with Gasteiger partial charge in [0.25, 0.3) is 0 Å². The molecule has 0 bridgehead atoms. The van der Waals surface area contributed by atoms with Crippen LogP contribution in [0.3, 0.4) is 0 Å². The van der Waals surface area contributed by atoms with E-state index in [0.717, 1.165) is 106 Å². The maximum Gasteiger partial charge on any atom is 0.248 e. The van der Waals surface area contributed by atoms with Crippen LogP contribution in [-0.4, -0.2) is 46.8 Å². The molecule has 0 radical (unpaired) electrons. The van der Waals surface area contributed by atoms with Crippen LogP contribution in [0, 0.1) is 11.8 Å². The van der Waals surface area contributed by atoms with E-state index in [1.807, 2.05) is 97.1 Å². The minimum atomic E-state index is 0.461. The number of rotatable bonds is 28. The molecule has 0 unspecified atom stereocenters. The summed E-state index contributed by atoms with van der Waals surface area (Å²) in [5.41, 5.74) is 7.27. The first kappa shape index (κ1) is 50.9. The van der Waals surface area contributed by atoms with Crippen LogP contribution in [0.2, 0.25) is 0 Å². The summed E-state index contributed by atoms with van der Waals surface area (Å²) < 4.78 is 37.0. The second-order valence-corrected chi connectivity index (χ2v) is 18.6. The van der Waals surface area contributed by atoms with Gasteiger partial charge in [-0.1, -0.05) is 129 Å². The number of aromatic nitrogens is 4. The molecule has 0 aliphatic rings. The molecule has 0 saturated carbocycles. The van der Waals surface area contributed by atoms with Crippen molar-refractivity contribution in [3.05, 3.63) is 131 Å². The van der Waals surface area contributed by atoms with Gasteiger partial charge in [-0.3, -0.25) is 0 Å². The highest BCUT2D eigenvalue weighted by molar-refractivity contribution is 5.79. The maximum absolute atomic E-state index is 6.51. The van der Waals surface area contributed by atoms with Gasteiger partial charge in [-0.25, -0.2) is 0 Å². The summed E-state index contributed by atoms with van der Waals surface area (Å²) in [6, 6.07) is 36.0. The summed E-state index contributed by atoms with van der Waals surface area (Å²) in [4.78, 5) is 0. The van der Waals surface area contributed by atoms with Gasteiger partial charge in [-0.2, -0.15) is 0 Å². The molecule has 7 aromatic rings. The highest BCUT2D eigenvalue weighted by Gasteiger charge is 2.15. The Morgan fingerprint density at radius 2 is 0.743 bits per heavy atom. The number of hydrogen-bond donors (Lipinski definition) is 0. The Bertz CT molecular complexity index is 2490. The van der Waals surface area contributed by atoms with Crippen LogP contribution in [0.5, 0.6) is 23.0 Å².